The highest BCUT2D eigenvalue weighted by atomic mass is 16.5. The van der Waals surface area contributed by atoms with E-state index in [1.165, 1.54) is 6.42 Å². The van der Waals surface area contributed by atoms with Crippen molar-refractivity contribution in [2.75, 3.05) is 26.4 Å². The lowest BCUT2D eigenvalue weighted by molar-refractivity contribution is 0.0734. The molecule has 2 atom stereocenters. The minimum absolute atomic E-state index is 0.0685. The number of nitrogens with one attached hydrogen (secondary N) is 1. The molecule has 6 nitrogen and oxygen atoms in total. The minimum Gasteiger partial charge on any atom is -0.378 e. The number of hydrogen-bond donors (Lipinski definition) is 1. The van der Waals surface area contributed by atoms with E-state index in [9.17, 15) is 0 Å². The van der Waals surface area contributed by atoms with Crippen LogP contribution >= 0.6 is 0 Å². The third-order valence-electron chi connectivity index (χ3n) is 3.42. The van der Waals surface area contributed by atoms with E-state index in [2.05, 4.69) is 15.5 Å². The average molecular weight is 253 g/mol. The number of aryl methyl sites for hydroxylation is 1. The molecule has 2 unspecified atom stereocenters. The molecule has 0 radical (unpaired) electrons. The Labute approximate surface area is 106 Å². The molecule has 0 aliphatic carbocycles. The van der Waals surface area contributed by atoms with E-state index in [1.807, 2.05) is 0 Å². The number of hydrogen-bond acceptors (Lipinski definition) is 6. The first-order valence-corrected chi connectivity index (χ1v) is 6.67. The van der Waals surface area contributed by atoms with Gasteiger partial charge in [0.2, 0.25) is 5.89 Å². The summed E-state index contributed by atoms with van der Waals surface area (Å²) in [4.78, 5) is 4.42. The standard InChI is InChI=1S/C12H19N3O3/c1-2-9(17-6-1)3-4-11-14-12(15-18-11)10-8-16-7-5-13-10/h9-10,13H,1-8H2. The van der Waals surface area contributed by atoms with Gasteiger partial charge in [0.05, 0.1) is 25.4 Å². The van der Waals surface area contributed by atoms with Crippen molar-refractivity contribution in [2.45, 2.75) is 37.8 Å². The van der Waals surface area contributed by atoms with Gasteiger partial charge in [0.1, 0.15) is 0 Å². The zero-order valence-corrected chi connectivity index (χ0v) is 10.4. The maximum Gasteiger partial charge on any atom is 0.226 e. The van der Waals surface area contributed by atoms with Crippen molar-refractivity contribution >= 4 is 0 Å². The van der Waals surface area contributed by atoms with Gasteiger partial charge in [-0.25, -0.2) is 0 Å². The SMILES string of the molecule is C1COC(CCc2nc(C3COCCN3)no2)C1. The summed E-state index contributed by atoms with van der Waals surface area (Å²) in [5, 5.41) is 7.33. The molecule has 100 valence electrons. The van der Waals surface area contributed by atoms with Crippen molar-refractivity contribution in [2.24, 2.45) is 0 Å². The van der Waals surface area contributed by atoms with Gasteiger partial charge in [-0.2, -0.15) is 4.98 Å². The monoisotopic (exact) mass is 253 g/mol. The Balaban J connectivity index is 1.52. The van der Waals surface area contributed by atoms with E-state index in [1.54, 1.807) is 0 Å². The summed E-state index contributed by atoms with van der Waals surface area (Å²) >= 11 is 0. The number of ether oxygens (including phenoxy) is 2. The smallest absolute Gasteiger partial charge is 0.226 e. The van der Waals surface area contributed by atoms with Crippen LogP contribution in [0, 0.1) is 0 Å². The molecule has 0 saturated carbocycles. The molecule has 1 aromatic rings. The van der Waals surface area contributed by atoms with Crippen LogP contribution in [-0.4, -0.2) is 42.6 Å². The van der Waals surface area contributed by atoms with Crippen LogP contribution < -0.4 is 5.32 Å². The quantitative estimate of drug-likeness (QED) is 0.857. The van der Waals surface area contributed by atoms with Gasteiger partial charge in [-0.15, -0.1) is 0 Å². The molecule has 2 aliphatic rings. The largest absolute Gasteiger partial charge is 0.378 e. The molecule has 0 bridgehead atoms. The number of morpholine rings is 1. The summed E-state index contributed by atoms with van der Waals surface area (Å²) in [6.45, 7) is 3.10. The predicted octanol–water partition coefficient (Wildman–Crippen LogP) is 0.842. The molecular weight excluding hydrogens is 234 g/mol. The van der Waals surface area contributed by atoms with Crippen molar-refractivity contribution in [3.05, 3.63) is 11.7 Å². The van der Waals surface area contributed by atoms with Crippen LogP contribution in [0.3, 0.4) is 0 Å². The lowest BCUT2D eigenvalue weighted by atomic mass is 10.1. The molecule has 6 heteroatoms. The second kappa shape index (κ2) is 5.77. The molecule has 0 amide bonds. The van der Waals surface area contributed by atoms with Crippen LogP contribution in [0.25, 0.3) is 0 Å². The summed E-state index contributed by atoms with van der Waals surface area (Å²) in [6.07, 6.45) is 4.46. The molecule has 2 fully saturated rings. The summed E-state index contributed by atoms with van der Waals surface area (Å²) < 4.78 is 16.2. The Hall–Kier alpha value is -0.980. The van der Waals surface area contributed by atoms with Crippen LogP contribution in [-0.2, 0) is 15.9 Å². The zero-order chi connectivity index (χ0) is 12.2. The Morgan fingerprint density at radius 1 is 1.33 bits per heavy atom. The van der Waals surface area contributed by atoms with Crippen LogP contribution in [0.15, 0.2) is 4.52 Å². The van der Waals surface area contributed by atoms with Gasteiger partial charge < -0.3 is 19.3 Å². The first-order valence-electron chi connectivity index (χ1n) is 6.67. The minimum atomic E-state index is 0.0685. The molecule has 1 N–H and O–H groups in total. The molecule has 3 heterocycles. The van der Waals surface area contributed by atoms with E-state index in [4.69, 9.17) is 14.0 Å². The van der Waals surface area contributed by atoms with Gasteiger partial charge in [0, 0.05) is 19.6 Å². The summed E-state index contributed by atoms with van der Waals surface area (Å²) in [5.41, 5.74) is 0. The molecule has 0 spiro atoms. The third kappa shape index (κ3) is 2.88. The van der Waals surface area contributed by atoms with Crippen LogP contribution in [0.5, 0.6) is 0 Å². The molecule has 18 heavy (non-hydrogen) atoms. The molecular formula is C12H19N3O3. The molecule has 0 aromatic carbocycles. The van der Waals surface area contributed by atoms with Crippen LogP contribution in [0.4, 0.5) is 0 Å². The molecule has 2 aliphatic heterocycles. The fraction of sp³-hybridized carbons (Fsp3) is 0.833. The molecule has 2 saturated heterocycles. The highest BCUT2D eigenvalue weighted by Crippen LogP contribution is 2.18. The topological polar surface area (TPSA) is 69.4 Å². The zero-order valence-electron chi connectivity index (χ0n) is 10.4. The highest BCUT2D eigenvalue weighted by molar-refractivity contribution is 4.95. The van der Waals surface area contributed by atoms with Crippen molar-refractivity contribution < 1.29 is 14.0 Å². The normalized spacial score (nSPS) is 28.7. The molecule has 3 rings (SSSR count). The highest BCUT2D eigenvalue weighted by Gasteiger charge is 2.22. The lowest BCUT2D eigenvalue weighted by Gasteiger charge is -2.20. The fourth-order valence-corrected chi connectivity index (χ4v) is 2.40. The summed E-state index contributed by atoms with van der Waals surface area (Å²) in [6, 6.07) is 0.0685. The number of nitrogens with zero attached hydrogens (tertiary/aromatic N) is 2. The van der Waals surface area contributed by atoms with Crippen molar-refractivity contribution in [3.8, 4) is 0 Å². The Morgan fingerprint density at radius 2 is 2.33 bits per heavy atom. The third-order valence-corrected chi connectivity index (χ3v) is 3.42. The predicted molar refractivity (Wildman–Crippen MR) is 63.2 cm³/mol. The maximum atomic E-state index is 5.58. The molecule has 1 aromatic heterocycles. The Morgan fingerprint density at radius 3 is 3.11 bits per heavy atom. The van der Waals surface area contributed by atoms with E-state index in [0.29, 0.717) is 24.4 Å². The van der Waals surface area contributed by atoms with Gasteiger partial charge in [-0.05, 0) is 19.3 Å². The Bertz CT molecular complexity index is 370. The van der Waals surface area contributed by atoms with E-state index in [-0.39, 0.29) is 6.04 Å². The number of aromatic nitrogens is 2. The van der Waals surface area contributed by atoms with Gasteiger partial charge in [0.25, 0.3) is 0 Å². The van der Waals surface area contributed by atoms with Crippen molar-refractivity contribution in [3.63, 3.8) is 0 Å². The van der Waals surface area contributed by atoms with Gasteiger partial charge >= 0.3 is 0 Å². The number of rotatable bonds is 4. The van der Waals surface area contributed by atoms with Crippen LogP contribution in [0.2, 0.25) is 0 Å². The van der Waals surface area contributed by atoms with E-state index < -0.39 is 0 Å². The summed E-state index contributed by atoms with van der Waals surface area (Å²) in [7, 11) is 0. The lowest BCUT2D eigenvalue weighted by Crippen LogP contribution is -2.35. The second-order valence-electron chi connectivity index (χ2n) is 4.80. The second-order valence-corrected chi connectivity index (χ2v) is 4.80. The van der Waals surface area contributed by atoms with Gasteiger partial charge in [-0.3, -0.25) is 0 Å². The maximum absolute atomic E-state index is 5.58. The Kier molecular flexibility index (Phi) is 3.87. The summed E-state index contributed by atoms with van der Waals surface area (Å²) in [5.74, 6) is 1.41. The van der Waals surface area contributed by atoms with E-state index in [0.717, 1.165) is 39.0 Å². The van der Waals surface area contributed by atoms with E-state index >= 15 is 0 Å². The van der Waals surface area contributed by atoms with Gasteiger partial charge in [0.15, 0.2) is 5.82 Å². The first-order chi connectivity index (χ1) is 8.92. The van der Waals surface area contributed by atoms with Crippen LogP contribution in [0.1, 0.15) is 37.0 Å². The first kappa shape index (κ1) is 12.1. The average Bonchev–Trinajstić information content (AvgIpc) is 3.09. The van der Waals surface area contributed by atoms with Crippen molar-refractivity contribution in [1.82, 2.24) is 15.5 Å². The van der Waals surface area contributed by atoms with Gasteiger partial charge in [-0.1, -0.05) is 5.16 Å². The fourth-order valence-electron chi connectivity index (χ4n) is 2.40. The van der Waals surface area contributed by atoms with Crippen molar-refractivity contribution in [1.29, 1.82) is 0 Å².